The van der Waals surface area contributed by atoms with Crippen LogP contribution in [0.3, 0.4) is 0 Å². The molecule has 3 rings (SSSR count). The first-order valence-corrected chi connectivity index (χ1v) is 6.42. The van der Waals surface area contributed by atoms with Crippen LogP contribution in [0.1, 0.15) is 11.1 Å². The normalized spacial score (nSPS) is 14.3. The SMILES string of the molecule is N#Cc1ccccc1N1C(=O)CNCc2ccccc21. The van der Waals surface area contributed by atoms with E-state index in [0.29, 0.717) is 17.8 Å². The zero-order chi connectivity index (χ0) is 13.9. The first-order chi connectivity index (χ1) is 9.81. The fourth-order valence-corrected chi connectivity index (χ4v) is 2.42. The number of anilines is 2. The Kier molecular flexibility index (Phi) is 3.20. The molecule has 0 saturated carbocycles. The fourth-order valence-electron chi connectivity index (χ4n) is 2.42. The van der Waals surface area contributed by atoms with E-state index < -0.39 is 0 Å². The maximum Gasteiger partial charge on any atom is 0.245 e. The lowest BCUT2D eigenvalue weighted by Crippen LogP contribution is -2.32. The summed E-state index contributed by atoms with van der Waals surface area (Å²) in [6.07, 6.45) is 0. The average Bonchev–Trinajstić information content (AvgIpc) is 2.65. The average molecular weight is 263 g/mol. The summed E-state index contributed by atoms with van der Waals surface area (Å²) in [7, 11) is 0. The molecule has 0 unspecified atom stereocenters. The van der Waals surface area contributed by atoms with Crippen LogP contribution >= 0.6 is 0 Å². The number of hydrogen-bond acceptors (Lipinski definition) is 3. The Morgan fingerprint density at radius 3 is 2.50 bits per heavy atom. The number of amides is 1. The van der Waals surface area contributed by atoms with E-state index in [1.807, 2.05) is 30.3 Å². The maximum atomic E-state index is 12.4. The zero-order valence-electron chi connectivity index (χ0n) is 10.8. The van der Waals surface area contributed by atoms with Gasteiger partial charge in [0.05, 0.1) is 23.5 Å². The summed E-state index contributed by atoms with van der Waals surface area (Å²) in [6, 6.07) is 17.1. The van der Waals surface area contributed by atoms with E-state index in [0.717, 1.165) is 11.3 Å². The van der Waals surface area contributed by atoms with E-state index in [-0.39, 0.29) is 12.5 Å². The number of rotatable bonds is 1. The fraction of sp³-hybridized carbons (Fsp3) is 0.125. The largest absolute Gasteiger partial charge is 0.304 e. The third kappa shape index (κ3) is 2.04. The summed E-state index contributed by atoms with van der Waals surface area (Å²) in [5.41, 5.74) is 3.02. The van der Waals surface area contributed by atoms with Crippen LogP contribution in [-0.4, -0.2) is 12.5 Å². The van der Waals surface area contributed by atoms with Crippen molar-refractivity contribution in [3.05, 3.63) is 59.7 Å². The molecule has 1 aliphatic heterocycles. The van der Waals surface area contributed by atoms with Crippen molar-refractivity contribution in [2.45, 2.75) is 6.54 Å². The Labute approximate surface area is 117 Å². The predicted molar refractivity (Wildman–Crippen MR) is 76.5 cm³/mol. The molecule has 0 saturated heterocycles. The molecular formula is C16H13N3O. The number of carbonyl (C=O) groups is 1. The number of nitrogens with one attached hydrogen (secondary N) is 1. The van der Waals surface area contributed by atoms with Gasteiger partial charge in [0, 0.05) is 6.54 Å². The second-order valence-electron chi connectivity index (χ2n) is 4.59. The summed E-state index contributed by atoms with van der Waals surface area (Å²) < 4.78 is 0. The molecule has 0 atom stereocenters. The van der Waals surface area contributed by atoms with Gasteiger partial charge in [0.15, 0.2) is 0 Å². The van der Waals surface area contributed by atoms with Gasteiger partial charge in [0.25, 0.3) is 0 Å². The van der Waals surface area contributed by atoms with Gasteiger partial charge in [-0.3, -0.25) is 9.69 Å². The van der Waals surface area contributed by atoms with Crippen molar-refractivity contribution in [3.63, 3.8) is 0 Å². The minimum absolute atomic E-state index is 0.0577. The van der Waals surface area contributed by atoms with E-state index in [4.69, 9.17) is 0 Å². The van der Waals surface area contributed by atoms with Gasteiger partial charge in [-0.1, -0.05) is 30.3 Å². The summed E-state index contributed by atoms with van der Waals surface area (Å²) in [5, 5.41) is 12.4. The molecule has 0 aromatic heterocycles. The highest BCUT2D eigenvalue weighted by molar-refractivity contribution is 6.03. The Bertz CT molecular complexity index is 703. The van der Waals surface area contributed by atoms with E-state index in [2.05, 4.69) is 11.4 Å². The first kappa shape index (κ1) is 12.4. The lowest BCUT2D eigenvalue weighted by atomic mass is 10.1. The Hall–Kier alpha value is -2.64. The molecule has 98 valence electrons. The first-order valence-electron chi connectivity index (χ1n) is 6.42. The van der Waals surface area contributed by atoms with Crippen LogP contribution < -0.4 is 10.2 Å². The topological polar surface area (TPSA) is 56.1 Å². The second-order valence-corrected chi connectivity index (χ2v) is 4.59. The number of para-hydroxylation sites is 2. The van der Waals surface area contributed by atoms with Gasteiger partial charge >= 0.3 is 0 Å². The third-order valence-electron chi connectivity index (χ3n) is 3.34. The molecule has 2 aromatic carbocycles. The minimum atomic E-state index is -0.0577. The number of fused-ring (bicyclic) bond motifs is 1. The molecule has 0 aliphatic carbocycles. The van der Waals surface area contributed by atoms with Crippen molar-refractivity contribution in [2.24, 2.45) is 0 Å². The van der Waals surface area contributed by atoms with Crippen LogP contribution in [-0.2, 0) is 11.3 Å². The van der Waals surface area contributed by atoms with Crippen LogP contribution in [0, 0.1) is 11.3 Å². The standard InChI is InChI=1S/C16H13N3O/c17-9-12-5-1-3-7-14(12)19-15-8-4-2-6-13(15)10-18-11-16(19)20/h1-8,18H,10-11H2. The zero-order valence-corrected chi connectivity index (χ0v) is 10.8. The van der Waals surface area contributed by atoms with Gasteiger partial charge in [-0.15, -0.1) is 0 Å². The van der Waals surface area contributed by atoms with Crippen molar-refractivity contribution >= 4 is 17.3 Å². The molecule has 4 nitrogen and oxygen atoms in total. The van der Waals surface area contributed by atoms with Crippen molar-refractivity contribution in [1.82, 2.24) is 5.32 Å². The van der Waals surface area contributed by atoms with Gasteiger partial charge < -0.3 is 5.32 Å². The van der Waals surface area contributed by atoms with Crippen LogP contribution in [0.25, 0.3) is 0 Å². The van der Waals surface area contributed by atoms with Gasteiger partial charge in [-0.25, -0.2) is 0 Å². The Morgan fingerprint density at radius 1 is 1.00 bits per heavy atom. The van der Waals surface area contributed by atoms with Crippen LogP contribution in [0.2, 0.25) is 0 Å². The number of carbonyl (C=O) groups excluding carboxylic acids is 1. The highest BCUT2D eigenvalue weighted by atomic mass is 16.2. The summed E-state index contributed by atoms with van der Waals surface area (Å²) in [5.74, 6) is -0.0577. The molecule has 1 heterocycles. The Morgan fingerprint density at radius 2 is 1.70 bits per heavy atom. The second kappa shape index (κ2) is 5.16. The van der Waals surface area contributed by atoms with Crippen molar-refractivity contribution in [1.29, 1.82) is 5.26 Å². The summed E-state index contributed by atoms with van der Waals surface area (Å²) in [6.45, 7) is 0.904. The minimum Gasteiger partial charge on any atom is -0.304 e. The summed E-state index contributed by atoms with van der Waals surface area (Å²) in [4.78, 5) is 14.0. The predicted octanol–water partition coefficient (Wildman–Crippen LogP) is 2.33. The number of hydrogen-bond donors (Lipinski definition) is 1. The quantitative estimate of drug-likeness (QED) is 0.859. The van der Waals surface area contributed by atoms with Crippen molar-refractivity contribution < 1.29 is 4.79 Å². The number of nitrogens with zero attached hydrogens (tertiary/aromatic N) is 2. The molecule has 0 radical (unpaired) electrons. The van der Waals surface area contributed by atoms with E-state index >= 15 is 0 Å². The molecule has 1 aliphatic rings. The van der Waals surface area contributed by atoms with Crippen LogP contribution in [0.5, 0.6) is 0 Å². The smallest absolute Gasteiger partial charge is 0.245 e. The molecular weight excluding hydrogens is 250 g/mol. The number of benzene rings is 2. The molecule has 1 N–H and O–H groups in total. The van der Waals surface area contributed by atoms with Gasteiger partial charge in [0.1, 0.15) is 6.07 Å². The molecule has 4 heteroatoms. The van der Waals surface area contributed by atoms with E-state index in [1.54, 1.807) is 23.1 Å². The highest BCUT2D eigenvalue weighted by Gasteiger charge is 2.24. The van der Waals surface area contributed by atoms with E-state index in [1.165, 1.54) is 0 Å². The Balaban J connectivity index is 2.20. The molecule has 20 heavy (non-hydrogen) atoms. The molecule has 0 bridgehead atoms. The van der Waals surface area contributed by atoms with Gasteiger partial charge in [-0.2, -0.15) is 5.26 Å². The third-order valence-corrected chi connectivity index (χ3v) is 3.34. The van der Waals surface area contributed by atoms with Crippen LogP contribution in [0.4, 0.5) is 11.4 Å². The maximum absolute atomic E-state index is 12.4. The van der Waals surface area contributed by atoms with Gasteiger partial charge in [-0.05, 0) is 23.8 Å². The van der Waals surface area contributed by atoms with Crippen molar-refractivity contribution in [2.75, 3.05) is 11.4 Å². The van der Waals surface area contributed by atoms with Crippen LogP contribution in [0.15, 0.2) is 48.5 Å². The molecule has 0 spiro atoms. The van der Waals surface area contributed by atoms with Crippen molar-refractivity contribution in [3.8, 4) is 6.07 Å². The summed E-state index contributed by atoms with van der Waals surface area (Å²) >= 11 is 0. The van der Waals surface area contributed by atoms with Gasteiger partial charge in [0.2, 0.25) is 5.91 Å². The number of nitriles is 1. The lowest BCUT2D eigenvalue weighted by Gasteiger charge is -2.23. The lowest BCUT2D eigenvalue weighted by molar-refractivity contribution is -0.117. The molecule has 1 amide bonds. The van der Waals surface area contributed by atoms with E-state index in [9.17, 15) is 10.1 Å². The monoisotopic (exact) mass is 263 g/mol. The molecule has 0 fully saturated rings. The highest BCUT2D eigenvalue weighted by Crippen LogP contribution is 2.32. The molecule has 2 aromatic rings.